The van der Waals surface area contributed by atoms with Gasteiger partial charge in [0.25, 0.3) is 0 Å². The number of carbonyl (C=O) groups is 2. The van der Waals surface area contributed by atoms with Gasteiger partial charge in [-0.2, -0.15) is 4.99 Å². The number of aliphatic imine (C=N–C) groups is 1. The van der Waals surface area contributed by atoms with Crippen LogP contribution in [-0.2, 0) is 0 Å². The Hall–Kier alpha value is -1.24. The average Bonchev–Trinajstić information content (AvgIpc) is 2.66. The van der Waals surface area contributed by atoms with Gasteiger partial charge in [-0.15, -0.1) is 0 Å². The lowest BCUT2D eigenvalue weighted by Crippen LogP contribution is -2.41. The highest BCUT2D eigenvalue weighted by atomic mass is 32.2. The van der Waals surface area contributed by atoms with Gasteiger partial charge in [0.1, 0.15) is 0 Å². The number of amides is 4. The summed E-state index contributed by atoms with van der Waals surface area (Å²) in [6.45, 7) is 1.37. The molecule has 7 heteroatoms. The molecule has 0 aromatic rings. The summed E-state index contributed by atoms with van der Waals surface area (Å²) in [4.78, 5) is 27.9. The van der Waals surface area contributed by atoms with Gasteiger partial charge < -0.3 is 10.6 Å². The third kappa shape index (κ3) is 8.12. The van der Waals surface area contributed by atoms with Crippen LogP contribution in [0.5, 0.6) is 0 Å². The lowest BCUT2D eigenvalue weighted by atomic mass is 9.89. The molecule has 0 heterocycles. The molecular formula is C18H32N4O2S. The maximum atomic E-state index is 12.0. The Bertz CT molecular complexity index is 458. The number of amidine groups is 1. The van der Waals surface area contributed by atoms with Crippen molar-refractivity contribution < 1.29 is 9.59 Å². The first-order valence-electron chi connectivity index (χ1n) is 9.62. The van der Waals surface area contributed by atoms with Gasteiger partial charge in [-0.05, 0) is 43.8 Å². The Morgan fingerprint density at radius 2 is 1.40 bits per heavy atom. The molecule has 0 aromatic carbocycles. The first kappa shape index (κ1) is 20.1. The maximum Gasteiger partial charge on any atom is 0.343 e. The first-order chi connectivity index (χ1) is 12.2. The van der Waals surface area contributed by atoms with Crippen molar-refractivity contribution in [3.63, 3.8) is 0 Å². The highest BCUT2D eigenvalue weighted by Crippen LogP contribution is 2.23. The Kier molecular flexibility index (Phi) is 9.15. The fourth-order valence-electron chi connectivity index (χ4n) is 3.65. The van der Waals surface area contributed by atoms with Crippen molar-refractivity contribution in [1.82, 2.24) is 16.0 Å². The number of hydrogen-bond donors (Lipinski definition) is 3. The van der Waals surface area contributed by atoms with Crippen molar-refractivity contribution in [1.29, 1.82) is 0 Å². The zero-order valence-electron chi connectivity index (χ0n) is 15.3. The normalized spacial score (nSPS) is 20.1. The Labute approximate surface area is 155 Å². The van der Waals surface area contributed by atoms with Gasteiger partial charge in [-0.1, -0.05) is 50.3 Å². The molecule has 0 bridgehead atoms. The lowest BCUT2D eigenvalue weighted by molar-refractivity contribution is 0.240. The second kappa shape index (κ2) is 11.4. The fraction of sp³-hybridized carbons (Fsp3) is 0.833. The molecule has 0 unspecified atom stereocenters. The standard InChI is InChI=1S/C18H32N4O2S/c1-25-18(21-16(23)19-12-14-8-4-2-5-9-14)22-17(24)20-13-15-10-6-3-7-11-15/h14-15H,2-13H2,1H3,(H3,19,20,21,22,23,24). The van der Waals surface area contributed by atoms with Crippen LogP contribution in [0.4, 0.5) is 9.59 Å². The number of urea groups is 2. The van der Waals surface area contributed by atoms with Gasteiger partial charge in [0, 0.05) is 13.1 Å². The van der Waals surface area contributed by atoms with Crippen LogP contribution in [0.25, 0.3) is 0 Å². The van der Waals surface area contributed by atoms with Crippen molar-refractivity contribution in [2.75, 3.05) is 19.3 Å². The number of carbonyl (C=O) groups excluding carboxylic acids is 2. The van der Waals surface area contributed by atoms with Gasteiger partial charge in [0.2, 0.25) is 0 Å². The second-order valence-corrected chi connectivity index (χ2v) is 7.95. The van der Waals surface area contributed by atoms with E-state index in [1.807, 2.05) is 0 Å². The van der Waals surface area contributed by atoms with Gasteiger partial charge in [0.15, 0.2) is 5.17 Å². The number of thioether (sulfide) groups is 1. The molecule has 0 saturated heterocycles. The van der Waals surface area contributed by atoms with Crippen LogP contribution in [0, 0.1) is 11.8 Å². The Balaban J connectivity index is 1.68. The first-order valence-corrected chi connectivity index (χ1v) is 10.8. The van der Waals surface area contributed by atoms with Crippen LogP contribution in [-0.4, -0.2) is 36.6 Å². The third-order valence-corrected chi connectivity index (χ3v) is 5.74. The van der Waals surface area contributed by atoms with Crippen LogP contribution in [0.2, 0.25) is 0 Å². The highest BCUT2D eigenvalue weighted by Gasteiger charge is 2.16. The molecule has 0 aromatic heterocycles. The molecule has 2 aliphatic rings. The maximum absolute atomic E-state index is 12.0. The molecule has 0 radical (unpaired) electrons. The van der Waals surface area contributed by atoms with E-state index >= 15 is 0 Å². The zero-order chi connectivity index (χ0) is 17.9. The second-order valence-electron chi connectivity index (χ2n) is 7.15. The van der Waals surface area contributed by atoms with Gasteiger partial charge in [-0.3, -0.25) is 5.32 Å². The Morgan fingerprint density at radius 1 is 0.880 bits per heavy atom. The summed E-state index contributed by atoms with van der Waals surface area (Å²) >= 11 is 1.27. The van der Waals surface area contributed by atoms with Crippen LogP contribution >= 0.6 is 11.8 Å². The van der Waals surface area contributed by atoms with E-state index in [9.17, 15) is 9.59 Å². The summed E-state index contributed by atoms with van der Waals surface area (Å²) in [5.74, 6) is 1.14. The third-order valence-electron chi connectivity index (χ3n) is 5.16. The van der Waals surface area contributed by atoms with E-state index in [-0.39, 0.29) is 12.1 Å². The van der Waals surface area contributed by atoms with E-state index in [1.54, 1.807) is 6.26 Å². The molecule has 6 nitrogen and oxygen atoms in total. The fourth-order valence-corrected chi connectivity index (χ4v) is 4.02. The van der Waals surface area contributed by atoms with E-state index in [2.05, 4.69) is 20.9 Å². The molecule has 2 rings (SSSR count). The van der Waals surface area contributed by atoms with Gasteiger partial charge >= 0.3 is 12.1 Å². The van der Waals surface area contributed by atoms with Crippen LogP contribution in [0.3, 0.4) is 0 Å². The predicted octanol–water partition coefficient (Wildman–Crippen LogP) is 3.87. The lowest BCUT2D eigenvalue weighted by Gasteiger charge is -2.22. The molecule has 2 saturated carbocycles. The summed E-state index contributed by atoms with van der Waals surface area (Å²) in [6.07, 6.45) is 14.2. The molecule has 25 heavy (non-hydrogen) atoms. The van der Waals surface area contributed by atoms with Crippen molar-refractivity contribution in [3.05, 3.63) is 0 Å². The number of nitrogens with zero attached hydrogens (tertiary/aromatic N) is 1. The van der Waals surface area contributed by atoms with Gasteiger partial charge in [-0.25, -0.2) is 9.59 Å². The monoisotopic (exact) mass is 368 g/mol. The average molecular weight is 369 g/mol. The summed E-state index contributed by atoms with van der Waals surface area (Å²) in [5, 5.41) is 8.77. The Morgan fingerprint density at radius 3 is 1.92 bits per heavy atom. The molecule has 0 atom stereocenters. The summed E-state index contributed by atoms with van der Waals surface area (Å²) in [6, 6.07) is -0.652. The van der Waals surface area contributed by atoms with Crippen molar-refractivity contribution in [3.8, 4) is 0 Å². The van der Waals surface area contributed by atoms with E-state index in [0.29, 0.717) is 30.1 Å². The summed E-state index contributed by atoms with van der Waals surface area (Å²) < 4.78 is 0. The quantitative estimate of drug-likeness (QED) is 0.520. The molecule has 0 spiro atoms. The molecule has 4 amide bonds. The zero-order valence-corrected chi connectivity index (χ0v) is 16.1. The smallest absolute Gasteiger partial charge is 0.338 e. The molecule has 2 aliphatic carbocycles. The minimum atomic E-state index is -0.373. The largest absolute Gasteiger partial charge is 0.343 e. The van der Waals surface area contributed by atoms with Crippen LogP contribution in [0.15, 0.2) is 4.99 Å². The molecule has 2 fully saturated rings. The number of hydrogen-bond acceptors (Lipinski definition) is 3. The van der Waals surface area contributed by atoms with Crippen LogP contribution < -0.4 is 16.0 Å². The van der Waals surface area contributed by atoms with E-state index in [1.165, 1.54) is 76.0 Å². The summed E-state index contributed by atoms with van der Waals surface area (Å²) in [5.41, 5.74) is 0. The van der Waals surface area contributed by atoms with Crippen molar-refractivity contribution in [2.45, 2.75) is 64.2 Å². The molecule has 0 aliphatic heterocycles. The number of rotatable bonds is 4. The highest BCUT2D eigenvalue weighted by molar-refractivity contribution is 8.13. The van der Waals surface area contributed by atoms with E-state index < -0.39 is 0 Å². The number of nitrogens with one attached hydrogen (secondary N) is 3. The molecule has 142 valence electrons. The van der Waals surface area contributed by atoms with E-state index in [4.69, 9.17) is 0 Å². The minimum absolute atomic E-state index is 0.279. The van der Waals surface area contributed by atoms with Crippen molar-refractivity contribution >= 4 is 29.0 Å². The van der Waals surface area contributed by atoms with Crippen LogP contribution in [0.1, 0.15) is 64.2 Å². The summed E-state index contributed by atoms with van der Waals surface area (Å²) in [7, 11) is 0. The molecular weight excluding hydrogens is 336 g/mol. The molecule has 3 N–H and O–H groups in total. The van der Waals surface area contributed by atoms with Gasteiger partial charge in [0.05, 0.1) is 0 Å². The van der Waals surface area contributed by atoms with Crippen molar-refractivity contribution in [2.24, 2.45) is 16.8 Å². The van der Waals surface area contributed by atoms with E-state index in [0.717, 1.165) is 0 Å². The SMILES string of the molecule is CSC(=NC(=O)NCC1CCCCC1)NC(=O)NCC1CCCCC1. The predicted molar refractivity (Wildman–Crippen MR) is 104 cm³/mol. The minimum Gasteiger partial charge on any atom is -0.338 e. The topological polar surface area (TPSA) is 82.6 Å².